The van der Waals surface area contributed by atoms with E-state index in [1.807, 2.05) is 0 Å². The van der Waals surface area contributed by atoms with Crippen LogP contribution in [0, 0.1) is 11.3 Å². The molecule has 0 aromatic rings. The first kappa shape index (κ1) is 12.4. The van der Waals surface area contributed by atoms with E-state index in [9.17, 15) is 0 Å². The Bertz CT molecular complexity index is 135. The van der Waals surface area contributed by atoms with Crippen molar-refractivity contribution in [3.05, 3.63) is 0 Å². The normalized spacial score (nSPS) is 10.7. The van der Waals surface area contributed by atoms with Crippen molar-refractivity contribution < 1.29 is 4.74 Å². The van der Waals surface area contributed by atoms with Crippen LogP contribution in [0.15, 0.2) is 0 Å². The van der Waals surface area contributed by atoms with Crippen molar-refractivity contribution in [2.75, 3.05) is 13.2 Å². The number of unbranched alkanes of at least 4 members (excludes halogenated alkanes) is 1. The van der Waals surface area contributed by atoms with E-state index in [4.69, 9.17) is 15.9 Å². The summed E-state index contributed by atoms with van der Waals surface area (Å²) in [4.78, 5) is 0. The largest absolute Gasteiger partial charge is 0.388 e. The van der Waals surface area contributed by atoms with Crippen LogP contribution in [-0.2, 0) is 4.74 Å². The van der Waals surface area contributed by atoms with Crippen LogP contribution in [0.25, 0.3) is 0 Å². The van der Waals surface area contributed by atoms with Gasteiger partial charge in [0.2, 0.25) is 0 Å². The minimum Gasteiger partial charge on any atom is -0.388 e. The lowest BCUT2D eigenvalue weighted by atomic mass is 10.1. The molecule has 0 spiro atoms. The summed E-state index contributed by atoms with van der Waals surface area (Å²) < 4.78 is 5.41. The molecule has 0 rings (SSSR count). The van der Waals surface area contributed by atoms with Crippen molar-refractivity contribution in [1.29, 1.82) is 5.41 Å². The Morgan fingerprint density at radius 2 is 2.00 bits per heavy atom. The molecule has 0 bridgehead atoms. The third-order valence-corrected chi connectivity index (χ3v) is 1.82. The summed E-state index contributed by atoms with van der Waals surface area (Å²) in [6, 6.07) is 0. The monoisotopic (exact) mass is 186 g/mol. The van der Waals surface area contributed by atoms with Crippen LogP contribution in [0.4, 0.5) is 0 Å². The summed E-state index contributed by atoms with van der Waals surface area (Å²) in [5, 5.41) is 7.00. The number of ether oxygens (including phenoxy) is 1. The van der Waals surface area contributed by atoms with Gasteiger partial charge in [-0.2, -0.15) is 0 Å². The molecule has 0 saturated heterocycles. The van der Waals surface area contributed by atoms with Gasteiger partial charge < -0.3 is 10.5 Å². The first-order chi connectivity index (χ1) is 6.13. The zero-order valence-corrected chi connectivity index (χ0v) is 8.81. The molecule has 13 heavy (non-hydrogen) atoms. The van der Waals surface area contributed by atoms with Gasteiger partial charge in [0, 0.05) is 19.6 Å². The van der Waals surface area contributed by atoms with Crippen molar-refractivity contribution in [3.63, 3.8) is 0 Å². The lowest BCUT2D eigenvalue weighted by Crippen LogP contribution is -2.09. The fraction of sp³-hybridized carbons (Fsp3) is 0.900. The second-order valence-electron chi connectivity index (χ2n) is 3.78. The smallest absolute Gasteiger partial charge is 0.0905 e. The molecule has 0 atom stereocenters. The topological polar surface area (TPSA) is 59.1 Å². The molecule has 3 heteroatoms. The first-order valence-corrected chi connectivity index (χ1v) is 5.03. The van der Waals surface area contributed by atoms with Crippen molar-refractivity contribution >= 4 is 5.84 Å². The quantitative estimate of drug-likeness (QED) is 0.346. The van der Waals surface area contributed by atoms with Crippen molar-refractivity contribution in [2.45, 2.75) is 39.5 Å². The Morgan fingerprint density at radius 3 is 2.54 bits per heavy atom. The number of hydrogen-bond acceptors (Lipinski definition) is 2. The Labute approximate surface area is 81.2 Å². The first-order valence-electron chi connectivity index (χ1n) is 5.03. The summed E-state index contributed by atoms with van der Waals surface area (Å²) in [5.41, 5.74) is 5.22. The van der Waals surface area contributed by atoms with E-state index in [0.717, 1.165) is 38.4 Å². The van der Waals surface area contributed by atoms with E-state index in [2.05, 4.69) is 13.8 Å². The summed E-state index contributed by atoms with van der Waals surface area (Å²) in [6.07, 6.45) is 3.81. The Kier molecular flexibility index (Phi) is 7.69. The third-order valence-electron chi connectivity index (χ3n) is 1.82. The maximum atomic E-state index is 7.00. The van der Waals surface area contributed by atoms with E-state index in [0.29, 0.717) is 6.42 Å². The van der Waals surface area contributed by atoms with Crippen molar-refractivity contribution in [1.82, 2.24) is 0 Å². The molecule has 0 amide bonds. The molecule has 0 aliphatic rings. The second-order valence-corrected chi connectivity index (χ2v) is 3.78. The fourth-order valence-electron chi connectivity index (χ4n) is 0.941. The molecule has 0 fully saturated rings. The predicted octanol–water partition coefficient (Wildman–Crippen LogP) is 2.16. The van der Waals surface area contributed by atoms with Gasteiger partial charge in [0.1, 0.15) is 0 Å². The molecule has 0 unspecified atom stereocenters. The summed E-state index contributed by atoms with van der Waals surface area (Å²) >= 11 is 0. The van der Waals surface area contributed by atoms with Gasteiger partial charge in [-0.3, -0.25) is 5.41 Å². The highest BCUT2D eigenvalue weighted by molar-refractivity contribution is 5.76. The number of amidine groups is 1. The van der Waals surface area contributed by atoms with Gasteiger partial charge in [-0.05, 0) is 25.2 Å². The Hall–Kier alpha value is -0.570. The predicted molar refractivity (Wildman–Crippen MR) is 56.0 cm³/mol. The van der Waals surface area contributed by atoms with Gasteiger partial charge in [0.15, 0.2) is 0 Å². The molecule has 3 N–H and O–H groups in total. The lowest BCUT2D eigenvalue weighted by molar-refractivity contribution is 0.120. The average Bonchev–Trinajstić information content (AvgIpc) is 2.01. The highest BCUT2D eigenvalue weighted by Gasteiger charge is 1.94. The van der Waals surface area contributed by atoms with E-state index < -0.39 is 0 Å². The molecule has 0 aliphatic carbocycles. The van der Waals surface area contributed by atoms with E-state index in [1.165, 1.54) is 0 Å². The van der Waals surface area contributed by atoms with E-state index in [1.54, 1.807) is 0 Å². The SMILES string of the molecule is CC(C)CCOCCCCC(=N)N. The molecular formula is C10H22N2O. The molecular weight excluding hydrogens is 164 g/mol. The van der Waals surface area contributed by atoms with E-state index >= 15 is 0 Å². The van der Waals surface area contributed by atoms with Crippen LogP contribution < -0.4 is 5.73 Å². The van der Waals surface area contributed by atoms with Gasteiger partial charge in [-0.1, -0.05) is 13.8 Å². The molecule has 3 nitrogen and oxygen atoms in total. The Morgan fingerprint density at radius 1 is 1.31 bits per heavy atom. The van der Waals surface area contributed by atoms with Gasteiger partial charge in [0.05, 0.1) is 5.84 Å². The second kappa shape index (κ2) is 8.05. The minimum absolute atomic E-state index is 0.280. The van der Waals surface area contributed by atoms with Gasteiger partial charge in [0.25, 0.3) is 0 Å². The van der Waals surface area contributed by atoms with Crippen LogP contribution >= 0.6 is 0 Å². The summed E-state index contributed by atoms with van der Waals surface area (Å²) in [7, 11) is 0. The molecule has 0 aromatic heterocycles. The molecule has 0 aromatic carbocycles. The fourth-order valence-corrected chi connectivity index (χ4v) is 0.941. The van der Waals surface area contributed by atoms with Crippen LogP contribution in [0.3, 0.4) is 0 Å². The standard InChI is InChI=1S/C10H22N2O/c1-9(2)6-8-13-7-4-3-5-10(11)12/h9H,3-8H2,1-2H3,(H3,11,12). The molecule has 0 aliphatic heterocycles. The van der Waals surface area contributed by atoms with Gasteiger partial charge >= 0.3 is 0 Å². The summed E-state index contributed by atoms with van der Waals surface area (Å²) in [5.74, 6) is 0.999. The highest BCUT2D eigenvalue weighted by atomic mass is 16.5. The maximum absolute atomic E-state index is 7.00. The van der Waals surface area contributed by atoms with E-state index in [-0.39, 0.29) is 5.84 Å². The zero-order chi connectivity index (χ0) is 10.1. The number of nitrogens with two attached hydrogens (primary N) is 1. The summed E-state index contributed by atoms with van der Waals surface area (Å²) in [6.45, 7) is 6.05. The molecule has 0 radical (unpaired) electrons. The van der Waals surface area contributed by atoms with Crippen LogP contribution in [-0.4, -0.2) is 19.0 Å². The number of nitrogens with one attached hydrogen (secondary N) is 1. The minimum atomic E-state index is 0.280. The molecule has 0 heterocycles. The number of hydrogen-bond donors (Lipinski definition) is 2. The number of rotatable bonds is 8. The molecule has 0 saturated carbocycles. The van der Waals surface area contributed by atoms with Crippen LogP contribution in [0.1, 0.15) is 39.5 Å². The molecule has 78 valence electrons. The Balaban J connectivity index is 2.96. The van der Waals surface area contributed by atoms with Crippen molar-refractivity contribution in [2.24, 2.45) is 11.7 Å². The average molecular weight is 186 g/mol. The van der Waals surface area contributed by atoms with Crippen molar-refractivity contribution in [3.8, 4) is 0 Å². The van der Waals surface area contributed by atoms with Crippen LogP contribution in [0.2, 0.25) is 0 Å². The third kappa shape index (κ3) is 11.4. The lowest BCUT2D eigenvalue weighted by Gasteiger charge is -2.05. The zero-order valence-electron chi connectivity index (χ0n) is 8.81. The van der Waals surface area contributed by atoms with Gasteiger partial charge in [-0.15, -0.1) is 0 Å². The highest BCUT2D eigenvalue weighted by Crippen LogP contribution is 2.00. The van der Waals surface area contributed by atoms with Crippen LogP contribution in [0.5, 0.6) is 0 Å². The van der Waals surface area contributed by atoms with Gasteiger partial charge in [-0.25, -0.2) is 0 Å². The maximum Gasteiger partial charge on any atom is 0.0905 e.